The van der Waals surface area contributed by atoms with Crippen molar-refractivity contribution in [3.63, 3.8) is 0 Å². The summed E-state index contributed by atoms with van der Waals surface area (Å²) in [5, 5.41) is 4.80. The standard InChI is InChI=1S/C66H45NO/c1-5-19-46(20-6-1)47-37-41-53(42-38-47)67(52-39-35-45(36-40-52)43-49-23-17-31-57-55-29-15-16-34-62(55)68-65(49)57)61-33-18-32-60-63(61)59-44-58(48-21-7-2-8-22-48)54-28-13-14-30-56(54)64(59)66(60,50-24-9-3-10-25-50)51-26-11-4-12-27-51/h1-42,44H,43H2. The number of hydrogen-bond acceptors (Lipinski definition) is 2. The van der Waals surface area contributed by atoms with E-state index in [4.69, 9.17) is 4.42 Å². The second-order valence-electron chi connectivity index (χ2n) is 17.9. The van der Waals surface area contributed by atoms with Gasteiger partial charge >= 0.3 is 0 Å². The van der Waals surface area contributed by atoms with Gasteiger partial charge in [0.2, 0.25) is 0 Å². The van der Waals surface area contributed by atoms with Gasteiger partial charge in [0, 0.05) is 34.1 Å². The molecular weight excluding hydrogens is 823 g/mol. The molecule has 1 aliphatic rings. The van der Waals surface area contributed by atoms with Gasteiger partial charge in [0.1, 0.15) is 11.2 Å². The quantitative estimate of drug-likeness (QED) is 0.144. The van der Waals surface area contributed by atoms with Gasteiger partial charge in [0.15, 0.2) is 0 Å². The maximum atomic E-state index is 6.48. The second-order valence-corrected chi connectivity index (χ2v) is 17.9. The van der Waals surface area contributed by atoms with E-state index in [1.807, 2.05) is 6.07 Å². The van der Waals surface area contributed by atoms with Crippen molar-refractivity contribution in [3.05, 3.63) is 294 Å². The summed E-state index contributed by atoms with van der Waals surface area (Å²) in [6, 6.07) is 95.5. The minimum absolute atomic E-state index is 0.623. The maximum absolute atomic E-state index is 6.48. The summed E-state index contributed by atoms with van der Waals surface area (Å²) >= 11 is 0. The zero-order chi connectivity index (χ0) is 45.0. The van der Waals surface area contributed by atoms with Gasteiger partial charge < -0.3 is 9.32 Å². The predicted molar refractivity (Wildman–Crippen MR) is 283 cm³/mol. The van der Waals surface area contributed by atoms with Crippen LogP contribution >= 0.6 is 0 Å². The monoisotopic (exact) mass is 867 g/mol. The van der Waals surface area contributed by atoms with E-state index in [0.29, 0.717) is 0 Å². The molecule has 11 aromatic carbocycles. The van der Waals surface area contributed by atoms with Crippen LogP contribution in [0.2, 0.25) is 0 Å². The maximum Gasteiger partial charge on any atom is 0.138 e. The summed E-state index contributed by atoms with van der Waals surface area (Å²) in [5.74, 6) is 0. The molecule has 0 saturated carbocycles. The molecule has 2 heteroatoms. The Bertz CT molecular complexity index is 3740. The molecule has 13 rings (SSSR count). The first kappa shape index (κ1) is 39.6. The molecule has 2 nitrogen and oxygen atoms in total. The minimum Gasteiger partial charge on any atom is -0.456 e. The van der Waals surface area contributed by atoms with Crippen LogP contribution in [0.5, 0.6) is 0 Å². The molecule has 0 bridgehead atoms. The van der Waals surface area contributed by atoms with Crippen LogP contribution in [0.3, 0.4) is 0 Å². The number of para-hydroxylation sites is 2. The smallest absolute Gasteiger partial charge is 0.138 e. The molecule has 0 aliphatic heterocycles. The van der Waals surface area contributed by atoms with Gasteiger partial charge in [0.05, 0.1) is 11.1 Å². The first-order valence-electron chi connectivity index (χ1n) is 23.5. The predicted octanol–water partition coefficient (Wildman–Crippen LogP) is 17.5. The van der Waals surface area contributed by atoms with Gasteiger partial charge in [-0.3, -0.25) is 0 Å². The van der Waals surface area contributed by atoms with Crippen molar-refractivity contribution in [2.24, 2.45) is 0 Å². The lowest BCUT2D eigenvalue weighted by Gasteiger charge is -2.35. The molecular formula is C66H45NO. The fraction of sp³-hybridized carbons (Fsp3) is 0.0303. The molecule has 12 aromatic rings. The second kappa shape index (κ2) is 16.3. The Morgan fingerprint density at radius 3 is 1.59 bits per heavy atom. The summed E-state index contributed by atoms with van der Waals surface area (Å²) in [6.45, 7) is 0. The fourth-order valence-corrected chi connectivity index (χ4v) is 11.2. The molecule has 0 spiro atoms. The van der Waals surface area contributed by atoms with Gasteiger partial charge in [-0.1, -0.05) is 218 Å². The zero-order valence-electron chi connectivity index (χ0n) is 37.4. The van der Waals surface area contributed by atoms with E-state index in [9.17, 15) is 0 Å². The summed E-state index contributed by atoms with van der Waals surface area (Å²) < 4.78 is 6.48. The lowest BCUT2D eigenvalue weighted by Crippen LogP contribution is -2.29. The Kier molecular flexibility index (Phi) is 9.50. The highest BCUT2D eigenvalue weighted by molar-refractivity contribution is 6.10. The van der Waals surface area contributed by atoms with Crippen LogP contribution in [0.1, 0.15) is 33.4 Å². The number of benzene rings is 11. The Morgan fingerprint density at radius 1 is 0.382 bits per heavy atom. The van der Waals surface area contributed by atoms with Crippen LogP contribution < -0.4 is 4.90 Å². The molecule has 0 radical (unpaired) electrons. The van der Waals surface area contributed by atoms with Gasteiger partial charge in [-0.25, -0.2) is 0 Å². The van der Waals surface area contributed by atoms with Gasteiger partial charge in [-0.2, -0.15) is 0 Å². The third kappa shape index (κ3) is 6.33. The number of hydrogen-bond donors (Lipinski definition) is 0. The van der Waals surface area contributed by atoms with Crippen LogP contribution in [0, 0.1) is 0 Å². The Morgan fingerprint density at radius 2 is 0.912 bits per heavy atom. The molecule has 0 atom stereocenters. The molecule has 0 unspecified atom stereocenters. The van der Waals surface area contributed by atoms with Crippen LogP contribution in [-0.2, 0) is 11.8 Å². The molecule has 0 fully saturated rings. The van der Waals surface area contributed by atoms with Gasteiger partial charge in [-0.05, 0) is 114 Å². The average molecular weight is 868 g/mol. The van der Waals surface area contributed by atoms with Crippen LogP contribution in [0.15, 0.2) is 265 Å². The van der Waals surface area contributed by atoms with E-state index in [-0.39, 0.29) is 0 Å². The van der Waals surface area contributed by atoms with Crippen molar-refractivity contribution in [1.82, 2.24) is 0 Å². The van der Waals surface area contributed by atoms with E-state index < -0.39 is 5.41 Å². The molecule has 1 heterocycles. The highest BCUT2D eigenvalue weighted by Gasteiger charge is 2.49. The SMILES string of the molecule is c1ccc(-c2ccc(N(c3ccc(Cc4cccc5c4oc4ccccc45)cc3)c3cccc4c3-c3cc(-c5ccccc5)c5ccccc5c3C4(c3ccccc3)c3ccccc3)cc2)cc1. The summed E-state index contributed by atoms with van der Waals surface area (Å²) in [4.78, 5) is 2.48. The van der Waals surface area contributed by atoms with Crippen molar-refractivity contribution in [3.8, 4) is 33.4 Å². The molecule has 68 heavy (non-hydrogen) atoms. The Hall–Kier alpha value is -8.72. The number of anilines is 3. The highest BCUT2D eigenvalue weighted by Crippen LogP contribution is 2.62. The zero-order valence-corrected chi connectivity index (χ0v) is 37.4. The highest BCUT2D eigenvalue weighted by atomic mass is 16.3. The van der Waals surface area contributed by atoms with Crippen molar-refractivity contribution >= 4 is 49.8 Å². The van der Waals surface area contributed by atoms with E-state index in [1.54, 1.807) is 0 Å². The van der Waals surface area contributed by atoms with Crippen molar-refractivity contribution in [1.29, 1.82) is 0 Å². The van der Waals surface area contributed by atoms with Crippen LogP contribution in [0.25, 0.3) is 66.1 Å². The molecule has 0 saturated heterocycles. The first-order valence-corrected chi connectivity index (χ1v) is 23.5. The summed E-state index contributed by atoms with van der Waals surface area (Å²) in [7, 11) is 0. The third-order valence-corrected chi connectivity index (χ3v) is 14.2. The van der Waals surface area contributed by atoms with Crippen molar-refractivity contribution in [2.45, 2.75) is 11.8 Å². The number of fused-ring (bicyclic) bond motifs is 8. The number of furan rings is 1. The topological polar surface area (TPSA) is 16.4 Å². The molecule has 0 amide bonds. The van der Waals surface area contributed by atoms with E-state index >= 15 is 0 Å². The first-order chi connectivity index (χ1) is 33.7. The Labute approximate surface area is 396 Å². The fourth-order valence-electron chi connectivity index (χ4n) is 11.2. The van der Waals surface area contributed by atoms with Crippen molar-refractivity contribution in [2.75, 3.05) is 4.90 Å². The van der Waals surface area contributed by atoms with Crippen LogP contribution in [-0.4, -0.2) is 0 Å². The Balaban J connectivity index is 1.06. The van der Waals surface area contributed by atoms with E-state index in [2.05, 4.69) is 260 Å². The molecule has 1 aromatic heterocycles. The summed E-state index contributed by atoms with van der Waals surface area (Å²) in [5.41, 5.74) is 19.3. The van der Waals surface area contributed by atoms with E-state index in [0.717, 1.165) is 45.4 Å². The normalized spacial score (nSPS) is 12.6. The largest absolute Gasteiger partial charge is 0.456 e. The minimum atomic E-state index is -0.623. The van der Waals surface area contributed by atoms with E-state index in [1.165, 1.54) is 77.5 Å². The molecule has 320 valence electrons. The molecule has 1 aliphatic carbocycles. The number of rotatable bonds is 9. The van der Waals surface area contributed by atoms with Gasteiger partial charge in [0.25, 0.3) is 0 Å². The third-order valence-electron chi connectivity index (χ3n) is 14.2. The van der Waals surface area contributed by atoms with Crippen molar-refractivity contribution < 1.29 is 4.42 Å². The lowest BCUT2D eigenvalue weighted by molar-refractivity contribution is 0.664. The van der Waals surface area contributed by atoms with Crippen LogP contribution in [0.4, 0.5) is 17.1 Å². The number of nitrogens with zero attached hydrogens (tertiary/aromatic N) is 1. The average Bonchev–Trinajstić information content (AvgIpc) is 3.95. The lowest BCUT2D eigenvalue weighted by atomic mass is 9.66. The molecule has 0 N–H and O–H groups in total. The summed E-state index contributed by atoms with van der Waals surface area (Å²) in [6.07, 6.45) is 0.753. The van der Waals surface area contributed by atoms with Gasteiger partial charge in [-0.15, -0.1) is 0 Å².